The molecule has 1 aromatic heterocycles. The van der Waals surface area contributed by atoms with Crippen molar-refractivity contribution in [2.75, 3.05) is 43.4 Å². The lowest BCUT2D eigenvalue weighted by Crippen LogP contribution is -2.44. The van der Waals surface area contributed by atoms with Gasteiger partial charge in [0.1, 0.15) is 11.4 Å². The van der Waals surface area contributed by atoms with Crippen LogP contribution in [-0.4, -0.2) is 48.1 Å². The Morgan fingerprint density at radius 1 is 1.08 bits per heavy atom. The highest BCUT2D eigenvalue weighted by molar-refractivity contribution is 6.28. The monoisotopic (exact) mass is 371 g/mol. The Labute approximate surface area is 148 Å². The summed E-state index contributed by atoms with van der Waals surface area (Å²) in [5.74, 6) is -0.361. The Hall–Kier alpha value is -2.06. The fraction of sp³-hybridized carbons (Fsp3) is 0.375. The molecule has 1 aromatic carbocycles. The predicted octanol–water partition coefficient (Wildman–Crippen LogP) is 3.64. The first-order valence-electron chi connectivity index (χ1n) is 7.73. The van der Waals surface area contributed by atoms with Crippen molar-refractivity contribution in [3.63, 3.8) is 0 Å². The molecule has 9 heteroatoms. The van der Waals surface area contributed by atoms with E-state index in [1.54, 1.807) is 12.1 Å². The van der Waals surface area contributed by atoms with Crippen LogP contribution in [0.1, 0.15) is 5.56 Å². The average molecular weight is 372 g/mol. The van der Waals surface area contributed by atoms with E-state index in [2.05, 4.69) is 32.1 Å². The molecule has 0 saturated carbocycles. The number of piperazine rings is 1. The summed E-state index contributed by atoms with van der Waals surface area (Å²) < 4.78 is 39.1. The molecule has 0 unspecified atom stereocenters. The molecule has 0 aliphatic carbocycles. The normalized spacial score (nSPS) is 16.1. The van der Waals surface area contributed by atoms with Crippen molar-refractivity contribution in [2.45, 2.75) is 6.18 Å². The van der Waals surface area contributed by atoms with Crippen LogP contribution < -0.4 is 10.2 Å². The summed E-state index contributed by atoms with van der Waals surface area (Å²) in [5.41, 5.74) is 0.577. The minimum absolute atomic E-state index is 0.246. The number of likely N-dealkylation sites (N-methyl/N-ethyl adjacent to an activating group) is 1. The summed E-state index contributed by atoms with van der Waals surface area (Å²) in [6.07, 6.45) is -3.89. The molecule has 2 heterocycles. The number of aromatic nitrogens is 2. The number of hydrogen-bond acceptors (Lipinski definition) is 5. The van der Waals surface area contributed by atoms with E-state index in [1.165, 1.54) is 0 Å². The second-order valence-corrected chi connectivity index (χ2v) is 6.20. The predicted molar refractivity (Wildman–Crippen MR) is 91.5 cm³/mol. The summed E-state index contributed by atoms with van der Waals surface area (Å²) in [6.45, 7) is 3.80. The Morgan fingerprint density at radius 2 is 1.72 bits per heavy atom. The lowest BCUT2D eigenvalue weighted by Gasteiger charge is -2.34. The van der Waals surface area contributed by atoms with Crippen molar-refractivity contribution in [2.24, 2.45) is 0 Å². The van der Waals surface area contributed by atoms with E-state index in [0.717, 1.165) is 31.9 Å². The van der Waals surface area contributed by atoms with E-state index in [4.69, 9.17) is 11.6 Å². The molecule has 1 aliphatic rings. The molecule has 0 amide bonds. The summed E-state index contributed by atoms with van der Waals surface area (Å²) in [4.78, 5) is 11.6. The van der Waals surface area contributed by atoms with Gasteiger partial charge in [-0.05, 0) is 42.9 Å². The van der Waals surface area contributed by atoms with Gasteiger partial charge < -0.3 is 15.1 Å². The first kappa shape index (κ1) is 17.8. The smallest absolute Gasteiger partial charge is 0.369 e. The maximum atomic E-state index is 13.0. The molecule has 0 atom stereocenters. The van der Waals surface area contributed by atoms with Crippen molar-refractivity contribution < 1.29 is 13.2 Å². The molecule has 0 spiro atoms. The van der Waals surface area contributed by atoms with Crippen LogP contribution in [0.4, 0.5) is 30.4 Å². The lowest BCUT2D eigenvalue weighted by atomic mass is 10.2. The van der Waals surface area contributed by atoms with Gasteiger partial charge in [-0.3, -0.25) is 0 Å². The van der Waals surface area contributed by atoms with Crippen LogP contribution in [0.3, 0.4) is 0 Å². The Morgan fingerprint density at radius 3 is 2.32 bits per heavy atom. The molecule has 0 radical (unpaired) electrons. The van der Waals surface area contributed by atoms with Gasteiger partial charge in [0, 0.05) is 43.8 Å². The fourth-order valence-corrected chi connectivity index (χ4v) is 2.75. The van der Waals surface area contributed by atoms with Gasteiger partial charge in [-0.1, -0.05) is 0 Å². The highest BCUT2D eigenvalue weighted by Gasteiger charge is 2.35. The van der Waals surface area contributed by atoms with Crippen LogP contribution in [0.15, 0.2) is 30.5 Å². The van der Waals surface area contributed by atoms with Crippen molar-refractivity contribution >= 4 is 28.8 Å². The van der Waals surface area contributed by atoms with Gasteiger partial charge in [0.2, 0.25) is 5.28 Å². The largest absolute Gasteiger partial charge is 0.421 e. The molecule has 2 aromatic rings. The summed E-state index contributed by atoms with van der Waals surface area (Å²) >= 11 is 5.63. The van der Waals surface area contributed by atoms with Gasteiger partial charge in [-0.25, -0.2) is 4.98 Å². The van der Waals surface area contributed by atoms with E-state index in [1.807, 2.05) is 12.1 Å². The number of rotatable bonds is 3. The summed E-state index contributed by atoms with van der Waals surface area (Å²) in [5, 5.41) is 2.43. The van der Waals surface area contributed by atoms with E-state index in [-0.39, 0.29) is 11.1 Å². The summed E-state index contributed by atoms with van der Waals surface area (Å²) in [7, 11) is 2.08. The molecule has 0 bridgehead atoms. The fourth-order valence-electron chi connectivity index (χ4n) is 2.62. The number of nitrogens with zero attached hydrogens (tertiary/aromatic N) is 4. The highest BCUT2D eigenvalue weighted by atomic mass is 35.5. The van der Waals surface area contributed by atoms with Crippen molar-refractivity contribution in [1.82, 2.24) is 14.9 Å². The molecular formula is C16H17ClF3N5. The zero-order chi connectivity index (χ0) is 18.0. The zero-order valence-electron chi connectivity index (χ0n) is 13.5. The van der Waals surface area contributed by atoms with E-state index in [0.29, 0.717) is 11.9 Å². The van der Waals surface area contributed by atoms with Gasteiger partial charge in [0.15, 0.2) is 0 Å². The Bertz CT molecular complexity index is 728. The van der Waals surface area contributed by atoms with Crippen LogP contribution in [0.5, 0.6) is 0 Å². The van der Waals surface area contributed by atoms with E-state index < -0.39 is 11.7 Å². The molecule has 1 fully saturated rings. The molecule has 25 heavy (non-hydrogen) atoms. The molecule has 3 rings (SSSR count). The van der Waals surface area contributed by atoms with Crippen molar-refractivity contribution in [3.8, 4) is 0 Å². The highest BCUT2D eigenvalue weighted by Crippen LogP contribution is 2.35. The molecule has 5 nitrogen and oxygen atoms in total. The van der Waals surface area contributed by atoms with Crippen molar-refractivity contribution in [3.05, 3.63) is 41.3 Å². The number of nitrogens with one attached hydrogen (secondary N) is 1. The molecule has 1 aliphatic heterocycles. The quantitative estimate of drug-likeness (QED) is 0.834. The maximum Gasteiger partial charge on any atom is 0.421 e. The number of benzene rings is 1. The minimum atomic E-state index is -4.56. The van der Waals surface area contributed by atoms with Gasteiger partial charge in [-0.15, -0.1) is 0 Å². The number of hydrogen-bond donors (Lipinski definition) is 1. The standard InChI is InChI=1S/C16H17ClF3N5/c1-24-6-8-25(9-7-24)12-4-2-11(3-5-12)22-14-13(16(18,19)20)10-21-15(17)23-14/h2-5,10H,6-9H2,1H3,(H,21,22,23). The minimum Gasteiger partial charge on any atom is -0.369 e. The van der Waals surface area contributed by atoms with E-state index >= 15 is 0 Å². The molecule has 1 saturated heterocycles. The second-order valence-electron chi connectivity index (χ2n) is 5.86. The maximum absolute atomic E-state index is 13.0. The first-order valence-corrected chi connectivity index (χ1v) is 8.11. The third-order valence-electron chi connectivity index (χ3n) is 4.06. The number of alkyl halides is 3. The van der Waals surface area contributed by atoms with Crippen LogP contribution >= 0.6 is 11.6 Å². The lowest BCUT2D eigenvalue weighted by molar-refractivity contribution is -0.137. The van der Waals surface area contributed by atoms with Crippen LogP contribution in [-0.2, 0) is 6.18 Å². The molecule has 1 N–H and O–H groups in total. The first-order chi connectivity index (χ1) is 11.8. The summed E-state index contributed by atoms with van der Waals surface area (Å²) in [6, 6.07) is 7.21. The number of halogens is 4. The van der Waals surface area contributed by atoms with Gasteiger partial charge in [0.05, 0.1) is 0 Å². The second kappa shape index (κ2) is 7.05. The average Bonchev–Trinajstić information content (AvgIpc) is 2.55. The third-order valence-corrected chi connectivity index (χ3v) is 4.25. The van der Waals surface area contributed by atoms with Crippen LogP contribution in [0, 0.1) is 0 Å². The topological polar surface area (TPSA) is 44.3 Å². The van der Waals surface area contributed by atoms with Gasteiger partial charge in [-0.2, -0.15) is 18.2 Å². The Kier molecular flexibility index (Phi) is 5.01. The van der Waals surface area contributed by atoms with Gasteiger partial charge >= 0.3 is 6.18 Å². The van der Waals surface area contributed by atoms with Gasteiger partial charge in [0.25, 0.3) is 0 Å². The zero-order valence-corrected chi connectivity index (χ0v) is 14.3. The Balaban J connectivity index is 1.77. The molecular weight excluding hydrogens is 355 g/mol. The van der Waals surface area contributed by atoms with Crippen molar-refractivity contribution in [1.29, 1.82) is 0 Å². The van der Waals surface area contributed by atoms with E-state index in [9.17, 15) is 13.2 Å². The molecule has 134 valence electrons. The SMILES string of the molecule is CN1CCN(c2ccc(Nc3nc(Cl)ncc3C(F)(F)F)cc2)CC1. The van der Waals surface area contributed by atoms with Crippen LogP contribution in [0.25, 0.3) is 0 Å². The third kappa shape index (κ3) is 4.32. The van der Waals surface area contributed by atoms with Crippen LogP contribution in [0.2, 0.25) is 5.28 Å². The number of anilines is 3.